The second-order valence-corrected chi connectivity index (χ2v) is 6.36. The summed E-state index contributed by atoms with van der Waals surface area (Å²) in [5, 5.41) is 12.2. The van der Waals surface area contributed by atoms with E-state index in [0.29, 0.717) is 27.2 Å². The fraction of sp³-hybridized carbons (Fsp3) is 0.0526. The molecule has 1 heterocycles. The van der Waals surface area contributed by atoms with E-state index in [-0.39, 0.29) is 16.5 Å². The molecule has 136 valence electrons. The number of pyridine rings is 1. The highest BCUT2D eigenvalue weighted by atomic mass is 35.5. The third-order valence-electron chi connectivity index (χ3n) is 3.67. The molecule has 2 aromatic carbocycles. The number of halogens is 2. The van der Waals surface area contributed by atoms with Crippen molar-refractivity contribution in [1.29, 1.82) is 0 Å². The Balaban J connectivity index is 2.09. The van der Waals surface area contributed by atoms with Gasteiger partial charge in [-0.2, -0.15) is 0 Å². The fourth-order valence-corrected chi connectivity index (χ4v) is 3.07. The molecule has 0 bridgehead atoms. The molecule has 27 heavy (non-hydrogen) atoms. The highest BCUT2D eigenvalue weighted by molar-refractivity contribution is 6.39. The highest BCUT2D eigenvalue weighted by Crippen LogP contribution is 2.37. The topological polar surface area (TPSA) is 82.3 Å². The van der Waals surface area contributed by atoms with Gasteiger partial charge in [-0.25, -0.2) is 4.98 Å². The van der Waals surface area contributed by atoms with Crippen molar-refractivity contribution >= 4 is 57.9 Å². The lowest BCUT2D eigenvalue weighted by Gasteiger charge is -2.10. The van der Waals surface area contributed by atoms with Crippen molar-refractivity contribution in [2.75, 3.05) is 0 Å². The van der Waals surface area contributed by atoms with Crippen LogP contribution in [-0.2, 0) is 4.79 Å². The Morgan fingerprint density at radius 2 is 1.89 bits per heavy atom. The Hall–Kier alpha value is -2.96. The minimum atomic E-state index is -0.539. The van der Waals surface area contributed by atoms with E-state index >= 15 is 0 Å². The number of fused-ring (bicyclic) bond motifs is 1. The molecule has 3 rings (SSSR count). The molecule has 0 aliphatic rings. The van der Waals surface area contributed by atoms with Crippen LogP contribution in [0.3, 0.4) is 0 Å². The summed E-state index contributed by atoms with van der Waals surface area (Å²) < 4.78 is 5.18. The van der Waals surface area contributed by atoms with Gasteiger partial charge in [0, 0.05) is 18.4 Å². The number of hydrogen-bond acceptors (Lipinski definition) is 5. The molecule has 0 radical (unpaired) electrons. The molecule has 0 saturated carbocycles. The summed E-state index contributed by atoms with van der Waals surface area (Å²) in [4.78, 5) is 26.5. The van der Waals surface area contributed by atoms with Gasteiger partial charge in [-0.15, -0.1) is 0 Å². The predicted octanol–water partition coefficient (Wildman–Crippen LogP) is 5.55. The molecule has 0 aliphatic heterocycles. The molecule has 1 aromatic heterocycles. The monoisotopic (exact) mass is 402 g/mol. The van der Waals surface area contributed by atoms with E-state index < -0.39 is 10.9 Å². The van der Waals surface area contributed by atoms with Gasteiger partial charge in [0.25, 0.3) is 5.69 Å². The van der Waals surface area contributed by atoms with Gasteiger partial charge in [0.2, 0.25) is 0 Å². The first kappa shape index (κ1) is 18.8. The number of nitro benzene ring substituents is 1. The van der Waals surface area contributed by atoms with E-state index in [9.17, 15) is 14.9 Å². The standard InChI is InChI=1S/C19H12Cl2N2O4/c1-11(24)27-19-16(21)10-15(20)14-9-8-13(22-18(14)19)7-6-12-4-2-3-5-17(12)23(25)26/h2-10H,1H3/b7-6+. The minimum absolute atomic E-state index is 0.0127. The zero-order chi connectivity index (χ0) is 19.6. The SMILES string of the molecule is CC(=O)Oc1c(Cl)cc(Cl)c2ccc(/C=C/c3ccccc3[N+](=O)[O-])nc12. The molecule has 3 aromatic rings. The summed E-state index contributed by atoms with van der Waals surface area (Å²) in [7, 11) is 0. The van der Waals surface area contributed by atoms with E-state index in [0.717, 1.165) is 0 Å². The maximum atomic E-state index is 11.4. The number of nitro groups is 1. The number of aromatic nitrogens is 1. The van der Waals surface area contributed by atoms with Gasteiger partial charge in [0.15, 0.2) is 5.75 Å². The number of rotatable bonds is 4. The van der Waals surface area contributed by atoms with Gasteiger partial charge in [-0.3, -0.25) is 14.9 Å². The summed E-state index contributed by atoms with van der Waals surface area (Å²) in [6, 6.07) is 11.3. The molecule has 0 amide bonds. The second-order valence-electron chi connectivity index (χ2n) is 5.54. The quantitative estimate of drug-likeness (QED) is 0.247. The Labute approximate surface area is 164 Å². The van der Waals surface area contributed by atoms with E-state index in [4.69, 9.17) is 27.9 Å². The second kappa shape index (κ2) is 7.73. The number of ether oxygens (including phenoxy) is 1. The first-order valence-corrected chi connectivity index (χ1v) is 8.51. The highest BCUT2D eigenvalue weighted by Gasteiger charge is 2.15. The van der Waals surface area contributed by atoms with Gasteiger partial charge in [-0.1, -0.05) is 35.3 Å². The molecular weight excluding hydrogens is 391 g/mol. The van der Waals surface area contributed by atoms with Crippen LogP contribution in [0.15, 0.2) is 42.5 Å². The van der Waals surface area contributed by atoms with E-state index in [2.05, 4.69) is 4.98 Å². The summed E-state index contributed by atoms with van der Waals surface area (Å²) in [6.45, 7) is 1.26. The van der Waals surface area contributed by atoms with E-state index in [1.54, 1.807) is 42.5 Å². The summed E-state index contributed by atoms with van der Waals surface area (Å²) in [5.41, 5.74) is 1.25. The maximum absolute atomic E-state index is 11.4. The van der Waals surface area contributed by atoms with Gasteiger partial charge in [0.05, 0.1) is 26.2 Å². The molecule has 0 unspecified atom stereocenters. The van der Waals surface area contributed by atoms with E-state index in [1.807, 2.05) is 0 Å². The zero-order valence-electron chi connectivity index (χ0n) is 14.0. The molecule has 0 saturated heterocycles. The number of para-hydroxylation sites is 1. The summed E-state index contributed by atoms with van der Waals surface area (Å²) in [5.74, 6) is -0.423. The van der Waals surface area contributed by atoms with Crippen LogP contribution in [0.4, 0.5) is 5.69 Å². The number of carbonyl (C=O) groups is 1. The van der Waals surface area contributed by atoms with Gasteiger partial charge in [0.1, 0.15) is 5.52 Å². The third-order valence-corrected chi connectivity index (χ3v) is 4.27. The number of esters is 1. The largest absolute Gasteiger partial charge is 0.423 e. The van der Waals surface area contributed by atoms with Crippen molar-refractivity contribution < 1.29 is 14.5 Å². The van der Waals surface area contributed by atoms with Crippen LogP contribution in [-0.4, -0.2) is 15.9 Å². The van der Waals surface area contributed by atoms with Crippen molar-refractivity contribution in [2.24, 2.45) is 0 Å². The maximum Gasteiger partial charge on any atom is 0.308 e. The molecule has 0 atom stereocenters. The summed E-state index contributed by atoms with van der Waals surface area (Å²) >= 11 is 12.3. The van der Waals surface area contributed by atoms with Crippen molar-refractivity contribution in [3.63, 3.8) is 0 Å². The van der Waals surface area contributed by atoms with Crippen LogP contribution in [0.2, 0.25) is 10.0 Å². The van der Waals surface area contributed by atoms with Gasteiger partial charge < -0.3 is 4.74 Å². The number of carbonyl (C=O) groups excluding carboxylic acids is 1. The Morgan fingerprint density at radius 3 is 2.59 bits per heavy atom. The summed E-state index contributed by atoms with van der Waals surface area (Å²) in [6.07, 6.45) is 3.21. The minimum Gasteiger partial charge on any atom is -0.423 e. The molecule has 6 nitrogen and oxygen atoms in total. The average Bonchev–Trinajstić information content (AvgIpc) is 2.63. The number of benzene rings is 2. The lowest BCUT2D eigenvalue weighted by atomic mass is 10.1. The molecule has 0 N–H and O–H groups in total. The average molecular weight is 403 g/mol. The zero-order valence-corrected chi connectivity index (χ0v) is 15.5. The van der Waals surface area contributed by atoms with Crippen molar-refractivity contribution in [3.05, 3.63) is 73.9 Å². The smallest absolute Gasteiger partial charge is 0.308 e. The number of hydrogen-bond donors (Lipinski definition) is 0. The first-order valence-electron chi connectivity index (χ1n) is 7.75. The van der Waals surface area contributed by atoms with Gasteiger partial charge in [-0.05, 0) is 36.4 Å². The lowest BCUT2D eigenvalue weighted by molar-refractivity contribution is -0.385. The lowest BCUT2D eigenvalue weighted by Crippen LogP contribution is -2.03. The van der Waals surface area contributed by atoms with Crippen LogP contribution in [0, 0.1) is 10.1 Å². The van der Waals surface area contributed by atoms with Crippen LogP contribution < -0.4 is 4.74 Å². The van der Waals surface area contributed by atoms with Crippen LogP contribution in [0.25, 0.3) is 23.1 Å². The molecule has 0 fully saturated rings. The van der Waals surface area contributed by atoms with Crippen LogP contribution in [0.5, 0.6) is 5.75 Å². The molecule has 0 spiro atoms. The third kappa shape index (κ3) is 4.07. The normalized spacial score (nSPS) is 11.1. The molecular formula is C19H12Cl2N2O4. The van der Waals surface area contributed by atoms with E-state index in [1.165, 1.54) is 19.1 Å². The predicted molar refractivity (Wildman–Crippen MR) is 105 cm³/mol. The Morgan fingerprint density at radius 1 is 1.15 bits per heavy atom. The molecule has 0 aliphatic carbocycles. The van der Waals surface area contributed by atoms with Crippen molar-refractivity contribution in [1.82, 2.24) is 4.98 Å². The Bertz CT molecular complexity index is 1100. The number of nitrogens with zero attached hydrogens (tertiary/aromatic N) is 2. The van der Waals surface area contributed by atoms with Crippen LogP contribution in [0.1, 0.15) is 18.2 Å². The fourth-order valence-electron chi connectivity index (χ4n) is 2.51. The first-order chi connectivity index (χ1) is 12.9. The van der Waals surface area contributed by atoms with Crippen molar-refractivity contribution in [3.8, 4) is 5.75 Å². The van der Waals surface area contributed by atoms with Crippen LogP contribution >= 0.6 is 23.2 Å². The van der Waals surface area contributed by atoms with Gasteiger partial charge >= 0.3 is 5.97 Å². The molecule has 8 heteroatoms. The van der Waals surface area contributed by atoms with Crippen molar-refractivity contribution in [2.45, 2.75) is 6.92 Å². The Kier molecular flexibility index (Phi) is 5.39.